The molecule has 1 aromatic heterocycles. The van der Waals surface area contributed by atoms with Gasteiger partial charge in [-0.25, -0.2) is 14.8 Å². The Bertz CT molecular complexity index is 547. The van der Waals surface area contributed by atoms with Gasteiger partial charge in [-0.1, -0.05) is 18.2 Å². The van der Waals surface area contributed by atoms with E-state index in [0.717, 1.165) is 0 Å². The van der Waals surface area contributed by atoms with Gasteiger partial charge >= 0.3 is 12.6 Å². The largest absolute Gasteiger partial charge is 0.399 e. The summed E-state index contributed by atoms with van der Waals surface area (Å²) in [6.45, 7) is -3.14. The van der Waals surface area contributed by atoms with Gasteiger partial charge in [0.15, 0.2) is 0 Å². The van der Waals surface area contributed by atoms with E-state index in [0.29, 0.717) is 11.3 Å². The topological polar surface area (TPSA) is 52.1 Å². The Balaban J connectivity index is 2.41. The third-order valence-electron chi connectivity index (χ3n) is 2.20. The van der Waals surface area contributed by atoms with Gasteiger partial charge in [-0.2, -0.15) is 8.78 Å². The minimum Gasteiger partial charge on any atom is -0.399 e. The van der Waals surface area contributed by atoms with E-state index < -0.39 is 12.6 Å². The minimum atomic E-state index is -3.14. The smallest absolute Gasteiger partial charge is 0.389 e. The van der Waals surface area contributed by atoms with E-state index >= 15 is 0 Å². The van der Waals surface area contributed by atoms with Crippen LogP contribution in [-0.2, 0) is 4.74 Å². The van der Waals surface area contributed by atoms with Gasteiger partial charge in [0.1, 0.15) is 6.33 Å². The van der Waals surface area contributed by atoms with Crippen LogP contribution in [0.25, 0.3) is 11.3 Å². The number of carbonyl (C=O) groups excluding carboxylic acids is 1. The molecule has 2 rings (SSSR count). The van der Waals surface area contributed by atoms with Crippen molar-refractivity contribution in [3.63, 3.8) is 0 Å². The van der Waals surface area contributed by atoms with Crippen LogP contribution in [0, 0.1) is 0 Å². The molecule has 0 spiro atoms. The van der Waals surface area contributed by atoms with Crippen LogP contribution < -0.4 is 0 Å². The highest BCUT2D eigenvalue weighted by Crippen LogP contribution is 2.22. The Morgan fingerprint density at radius 3 is 2.67 bits per heavy atom. The van der Waals surface area contributed by atoms with Crippen LogP contribution in [-0.4, -0.2) is 22.5 Å². The summed E-state index contributed by atoms with van der Waals surface area (Å²) in [5.74, 6) is -1.08. The Hall–Kier alpha value is -2.37. The quantitative estimate of drug-likeness (QED) is 0.785. The molecule has 0 aliphatic heterocycles. The van der Waals surface area contributed by atoms with Crippen molar-refractivity contribution in [2.45, 2.75) is 6.61 Å². The first kappa shape index (κ1) is 12.1. The van der Waals surface area contributed by atoms with E-state index in [1.165, 1.54) is 18.6 Å². The summed E-state index contributed by atoms with van der Waals surface area (Å²) in [5, 5.41) is 0. The van der Waals surface area contributed by atoms with E-state index in [2.05, 4.69) is 14.7 Å². The van der Waals surface area contributed by atoms with Crippen molar-refractivity contribution in [1.29, 1.82) is 0 Å². The van der Waals surface area contributed by atoms with Crippen LogP contribution >= 0.6 is 0 Å². The average molecular weight is 250 g/mol. The molecule has 0 N–H and O–H groups in total. The Morgan fingerprint density at radius 1 is 1.22 bits per heavy atom. The molecule has 0 saturated heterocycles. The lowest BCUT2D eigenvalue weighted by molar-refractivity contribution is -0.0905. The summed E-state index contributed by atoms with van der Waals surface area (Å²) < 4.78 is 28.0. The number of rotatable bonds is 3. The highest BCUT2D eigenvalue weighted by molar-refractivity contribution is 5.96. The van der Waals surface area contributed by atoms with Crippen LogP contribution in [0.15, 0.2) is 42.9 Å². The number of benzene rings is 1. The van der Waals surface area contributed by atoms with E-state index in [4.69, 9.17) is 0 Å². The van der Waals surface area contributed by atoms with Crippen LogP contribution in [0.4, 0.5) is 8.78 Å². The fraction of sp³-hybridized carbons (Fsp3) is 0.0833. The number of alkyl halides is 2. The van der Waals surface area contributed by atoms with Crippen molar-refractivity contribution >= 4 is 5.97 Å². The van der Waals surface area contributed by atoms with Gasteiger partial charge in [0.2, 0.25) is 0 Å². The van der Waals surface area contributed by atoms with Crippen LogP contribution in [0.2, 0.25) is 0 Å². The minimum absolute atomic E-state index is 0.0384. The number of nitrogens with zero attached hydrogens (tertiary/aromatic N) is 2. The number of hydrogen-bond acceptors (Lipinski definition) is 4. The zero-order valence-corrected chi connectivity index (χ0v) is 9.09. The molecule has 0 amide bonds. The zero-order valence-electron chi connectivity index (χ0n) is 9.09. The summed E-state index contributed by atoms with van der Waals surface area (Å²) in [6.07, 6.45) is 2.81. The molecule has 2 aromatic rings. The first-order valence-electron chi connectivity index (χ1n) is 5.03. The lowest BCUT2D eigenvalue weighted by Crippen LogP contribution is -2.11. The van der Waals surface area contributed by atoms with Crippen molar-refractivity contribution in [2.24, 2.45) is 0 Å². The molecular weight excluding hydrogens is 242 g/mol. The van der Waals surface area contributed by atoms with Gasteiger partial charge in [-0.15, -0.1) is 0 Å². The first-order chi connectivity index (χ1) is 8.68. The molecule has 92 valence electrons. The van der Waals surface area contributed by atoms with Gasteiger partial charge in [-0.3, -0.25) is 0 Å². The first-order valence-corrected chi connectivity index (χ1v) is 5.03. The summed E-state index contributed by atoms with van der Waals surface area (Å²) in [5.41, 5.74) is 0.925. The Kier molecular flexibility index (Phi) is 3.57. The maximum Gasteiger partial charge on any atom is 0.389 e. The maximum absolute atomic E-state index is 12.0. The standard InChI is InChI=1S/C12H8F2N2O2/c13-12(14)18-11(17)9-4-2-1-3-8(9)10-5-6-15-7-16-10/h1-7,12H. The summed E-state index contributed by atoms with van der Waals surface area (Å²) in [6, 6.07) is 7.82. The van der Waals surface area contributed by atoms with Crippen molar-refractivity contribution in [3.05, 3.63) is 48.4 Å². The van der Waals surface area contributed by atoms with Crippen molar-refractivity contribution in [2.75, 3.05) is 0 Å². The normalized spacial score (nSPS) is 10.4. The number of hydrogen-bond donors (Lipinski definition) is 0. The van der Waals surface area contributed by atoms with E-state index in [-0.39, 0.29) is 5.56 Å². The average Bonchev–Trinajstić information content (AvgIpc) is 2.39. The number of aromatic nitrogens is 2. The highest BCUT2D eigenvalue weighted by Gasteiger charge is 2.17. The molecule has 6 heteroatoms. The monoisotopic (exact) mass is 250 g/mol. The molecular formula is C12H8F2N2O2. The molecule has 0 fully saturated rings. The third-order valence-corrected chi connectivity index (χ3v) is 2.20. The van der Waals surface area contributed by atoms with Gasteiger partial charge in [-0.05, 0) is 12.1 Å². The summed E-state index contributed by atoms with van der Waals surface area (Å²) >= 11 is 0. The van der Waals surface area contributed by atoms with Gasteiger partial charge < -0.3 is 4.74 Å². The molecule has 0 aliphatic rings. The van der Waals surface area contributed by atoms with Crippen molar-refractivity contribution < 1.29 is 18.3 Å². The van der Waals surface area contributed by atoms with E-state index in [1.807, 2.05) is 0 Å². The lowest BCUT2D eigenvalue weighted by Gasteiger charge is -2.08. The molecule has 0 aliphatic carbocycles. The maximum atomic E-state index is 12.0. The van der Waals surface area contributed by atoms with Crippen LogP contribution in [0.3, 0.4) is 0 Å². The molecule has 0 bridgehead atoms. The second-order valence-electron chi connectivity index (χ2n) is 3.31. The van der Waals surface area contributed by atoms with Gasteiger partial charge in [0, 0.05) is 11.8 Å². The van der Waals surface area contributed by atoms with E-state index in [9.17, 15) is 13.6 Å². The number of halogens is 2. The molecule has 4 nitrogen and oxygen atoms in total. The molecule has 1 aromatic carbocycles. The number of carbonyl (C=O) groups is 1. The van der Waals surface area contributed by atoms with Crippen molar-refractivity contribution in [1.82, 2.24) is 9.97 Å². The zero-order chi connectivity index (χ0) is 13.0. The van der Waals surface area contributed by atoms with Gasteiger partial charge in [0.25, 0.3) is 0 Å². The van der Waals surface area contributed by atoms with Crippen LogP contribution in [0.1, 0.15) is 10.4 Å². The molecule has 0 saturated carbocycles. The second kappa shape index (κ2) is 5.31. The molecule has 0 radical (unpaired) electrons. The lowest BCUT2D eigenvalue weighted by atomic mass is 10.0. The molecule has 18 heavy (non-hydrogen) atoms. The summed E-state index contributed by atoms with van der Waals surface area (Å²) in [4.78, 5) is 19.2. The van der Waals surface area contributed by atoms with Gasteiger partial charge in [0.05, 0.1) is 11.3 Å². The fourth-order valence-corrected chi connectivity index (χ4v) is 1.48. The fourth-order valence-electron chi connectivity index (χ4n) is 1.48. The van der Waals surface area contributed by atoms with Crippen molar-refractivity contribution in [3.8, 4) is 11.3 Å². The Labute approximate surface area is 101 Å². The third kappa shape index (κ3) is 2.65. The second-order valence-corrected chi connectivity index (χ2v) is 3.31. The Morgan fingerprint density at radius 2 is 2.00 bits per heavy atom. The molecule has 1 heterocycles. The predicted octanol–water partition coefficient (Wildman–Crippen LogP) is 2.52. The highest BCUT2D eigenvalue weighted by atomic mass is 19.3. The van der Waals surface area contributed by atoms with Crippen LogP contribution in [0.5, 0.6) is 0 Å². The summed E-state index contributed by atoms with van der Waals surface area (Å²) in [7, 11) is 0. The number of esters is 1. The SMILES string of the molecule is O=C(OC(F)F)c1ccccc1-c1ccncn1. The molecule has 0 unspecified atom stereocenters. The predicted molar refractivity (Wildman–Crippen MR) is 58.9 cm³/mol. The van der Waals surface area contributed by atoms with E-state index in [1.54, 1.807) is 24.3 Å². The number of ether oxygens (including phenoxy) is 1. The molecule has 0 atom stereocenters.